The molecule has 28 heavy (non-hydrogen) atoms. The van der Waals surface area contributed by atoms with Gasteiger partial charge in [0.05, 0.1) is 27.7 Å². The maximum absolute atomic E-state index is 12.1. The Morgan fingerprint density at radius 2 is 1.64 bits per heavy atom. The first-order valence-electron chi connectivity index (χ1n) is 8.92. The van der Waals surface area contributed by atoms with E-state index in [1.807, 2.05) is 26.8 Å². The molecule has 0 aliphatic heterocycles. The van der Waals surface area contributed by atoms with Crippen LogP contribution in [0.15, 0.2) is 36.4 Å². The van der Waals surface area contributed by atoms with Crippen molar-refractivity contribution in [3.05, 3.63) is 47.5 Å². The van der Waals surface area contributed by atoms with Gasteiger partial charge in [-0.05, 0) is 45.9 Å². The van der Waals surface area contributed by atoms with Crippen LogP contribution in [-0.2, 0) is 14.3 Å². The summed E-state index contributed by atoms with van der Waals surface area (Å²) in [6.07, 6.45) is -0.561. The number of carbonyl (C=O) groups is 2. The molecule has 7 heteroatoms. The number of fused-ring (bicyclic) bond motifs is 2. The Morgan fingerprint density at radius 1 is 1.04 bits per heavy atom. The second-order valence-electron chi connectivity index (χ2n) is 7.45. The zero-order chi connectivity index (χ0) is 20.5. The molecule has 1 heterocycles. The van der Waals surface area contributed by atoms with Crippen LogP contribution in [0.3, 0.4) is 0 Å². The van der Waals surface area contributed by atoms with Crippen LogP contribution in [0.1, 0.15) is 49.7 Å². The molecule has 3 rings (SSSR count). The largest absolute Gasteiger partial charge is 0.478 e. The number of carbonyl (C=O) groups excluding carboxylic acids is 1. The van der Waals surface area contributed by atoms with E-state index in [2.05, 4.69) is 9.97 Å². The third kappa shape index (κ3) is 4.26. The molecule has 0 fully saturated rings. The minimum absolute atomic E-state index is 0.0936. The highest BCUT2D eigenvalue weighted by Crippen LogP contribution is 2.27. The summed E-state index contributed by atoms with van der Waals surface area (Å²) in [6.45, 7) is 7.19. The number of hydrogen-bond donors (Lipinski definition) is 1. The smallest absolute Gasteiger partial charge is 0.337 e. The molecule has 0 saturated heterocycles. The first-order valence-corrected chi connectivity index (χ1v) is 8.92. The van der Waals surface area contributed by atoms with Crippen LogP contribution < -0.4 is 0 Å². The number of carboxylic acids is 1. The highest BCUT2D eigenvalue weighted by molar-refractivity contribution is 6.02. The van der Waals surface area contributed by atoms with Crippen molar-refractivity contribution in [2.75, 3.05) is 6.61 Å². The first-order chi connectivity index (χ1) is 13.2. The predicted octanol–water partition coefficient (Wildman–Crippen LogP) is 3.90. The van der Waals surface area contributed by atoms with Crippen molar-refractivity contribution in [2.24, 2.45) is 0 Å². The second kappa shape index (κ2) is 7.52. The Labute approximate surface area is 162 Å². The Morgan fingerprint density at radius 3 is 2.29 bits per heavy atom. The van der Waals surface area contributed by atoms with Crippen LogP contribution in [0.25, 0.3) is 22.1 Å². The van der Waals surface area contributed by atoms with E-state index in [1.54, 1.807) is 31.2 Å². The summed E-state index contributed by atoms with van der Waals surface area (Å²) in [7, 11) is 0. The Kier molecular flexibility index (Phi) is 5.29. The van der Waals surface area contributed by atoms with Gasteiger partial charge >= 0.3 is 11.9 Å². The van der Waals surface area contributed by atoms with Crippen molar-refractivity contribution in [1.82, 2.24) is 9.97 Å². The summed E-state index contributed by atoms with van der Waals surface area (Å²) in [4.78, 5) is 32.6. The summed E-state index contributed by atoms with van der Waals surface area (Å²) in [5.74, 6) is -1.53. The number of aromatic carboxylic acids is 1. The summed E-state index contributed by atoms with van der Waals surface area (Å²) < 4.78 is 10.9. The zero-order valence-corrected chi connectivity index (χ0v) is 16.2. The molecule has 0 aliphatic rings. The Balaban J connectivity index is 1.95. The maximum Gasteiger partial charge on any atom is 0.337 e. The standard InChI is InChI=1S/C21H22N2O5/c1-12(28-17(24)11-27-21(2,3)4)13-7-5-9-15-18(13)22-16-10-6-8-14(20(25)26)19(16)23-15/h5-10,12H,11H2,1-4H3,(H,25,26). The maximum atomic E-state index is 12.1. The van der Waals surface area contributed by atoms with Crippen LogP contribution in [0.4, 0.5) is 0 Å². The summed E-state index contributed by atoms with van der Waals surface area (Å²) in [5, 5.41) is 9.37. The van der Waals surface area contributed by atoms with Gasteiger partial charge in [0.15, 0.2) is 0 Å². The average Bonchev–Trinajstić information content (AvgIpc) is 2.63. The van der Waals surface area contributed by atoms with Crippen molar-refractivity contribution in [3.8, 4) is 0 Å². The lowest BCUT2D eigenvalue weighted by atomic mass is 10.1. The molecule has 2 aromatic carbocycles. The monoisotopic (exact) mass is 382 g/mol. The fourth-order valence-corrected chi connectivity index (χ4v) is 2.81. The van der Waals surface area contributed by atoms with Crippen molar-refractivity contribution in [2.45, 2.75) is 39.4 Å². The zero-order valence-electron chi connectivity index (χ0n) is 16.2. The summed E-state index contributed by atoms with van der Waals surface area (Å²) in [5.41, 5.74) is 2.24. The lowest BCUT2D eigenvalue weighted by Gasteiger charge is -2.20. The Bertz CT molecular complexity index is 1060. The van der Waals surface area contributed by atoms with E-state index in [-0.39, 0.29) is 12.2 Å². The van der Waals surface area contributed by atoms with Crippen molar-refractivity contribution in [3.63, 3.8) is 0 Å². The van der Waals surface area contributed by atoms with E-state index in [4.69, 9.17) is 9.47 Å². The number of aromatic nitrogens is 2. The SMILES string of the molecule is CC(OC(=O)COC(C)(C)C)c1cccc2nc3c(C(=O)O)cccc3nc12. The number of esters is 1. The van der Waals surface area contributed by atoms with Gasteiger partial charge in [0, 0.05) is 5.56 Å². The van der Waals surface area contributed by atoms with E-state index < -0.39 is 23.6 Å². The highest BCUT2D eigenvalue weighted by atomic mass is 16.6. The molecule has 0 amide bonds. The van der Waals surface area contributed by atoms with Crippen LogP contribution >= 0.6 is 0 Å². The molecule has 146 valence electrons. The molecule has 7 nitrogen and oxygen atoms in total. The Hall–Kier alpha value is -3.06. The minimum Gasteiger partial charge on any atom is -0.478 e. The van der Waals surface area contributed by atoms with Gasteiger partial charge in [0.25, 0.3) is 0 Å². The van der Waals surface area contributed by atoms with Gasteiger partial charge in [0.1, 0.15) is 18.2 Å². The van der Waals surface area contributed by atoms with E-state index in [1.165, 1.54) is 6.07 Å². The van der Waals surface area contributed by atoms with E-state index in [0.29, 0.717) is 27.6 Å². The van der Waals surface area contributed by atoms with Crippen LogP contribution in [0.5, 0.6) is 0 Å². The number of para-hydroxylation sites is 2. The van der Waals surface area contributed by atoms with Crippen LogP contribution in [0.2, 0.25) is 0 Å². The number of rotatable bonds is 5. The molecule has 0 radical (unpaired) electrons. The van der Waals surface area contributed by atoms with Gasteiger partial charge in [-0.25, -0.2) is 19.6 Å². The van der Waals surface area contributed by atoms with Crippen molar-refractivity contribution >= 4 is 34.0 Å². The summed E-state index contributed by atoms with van der Waals surface area (Å²) >= 11 is 0. The lowest BCUT2D eigenvalue weighted by molar-refractivity contribution is -0.158. The molecular weight excluding hydrogens is 360 g/mol. The quantitative estimate of drug-likeness (QED) is 0.528. The molecular formula is C21H22N2O5. The van der Waals surface area contributed by atoms with Crippen molar-refractivity contribution in [1.29, 1.82) is 0 Å². The van der Waals surface area contributed by atoms with E-state index in [0.717, 1.165) is 0 Å². The molecule has 0 spiro atoms. The molecule has 1 unspecified atom stereocenters. The molecule has 0 aliphatic carbocycles. The van der Waals surface area contributed by atoms with Gasteiger partial charge in [0.2, 0.25) is 0 Å². The summed E-state index contributed by atoms with van der Waals surface area (Å²) in [6, 6.07) is 10.2. The highest BCUT2D eigenvalue weighted by Gasteiger charge is 2.19. The molecule has 3 aromatic rings. The predicted molar refractivity (Wildman–Crippen MR) is 104 cm³/mol. The van der Waals surface area contributed by atoms with Gasteiger partial charge in [-0.3, -0.25) is 0 Å². The number of benzene rings is 2. The van der Waals surface area contributed by atoms with E-state index >= 15 is 0 Å². The lowest BCUT2D eigenvalue weighted by Crippen LogP contribution is -2.25. The fourth-order valence-electron chi connectivity index (χ4n) is 2.81. The topological polar surface area (TPSA) is 98.6 Å². The molecule has 1 aromatic heterocycles. The number of ether oxygens (including phenoxy) is 2. The average molecular weight is 382 g/mol. The van der Waals surface area contributed by atoms with E-state index in [9.17, 15) is 14.7 Å². The fraction of sp³-hybridized carbons (Fsp3) is 0.333. The first kappa shape index (κ1) is 19.7. The van der Waals surface area contributed by atoms with Crippen LogP contribution in [-0.4, -0.2) is 39.2 Å². The van der Waals surface area contributed by atoms with Gasteiger partial charge in [-0.2, -0.15) is 0 Å². The minimum atomic E-state index is -1.06. The molecule has 0 saturated carbocycles. The number of hydrogen-bond acceptors (Lipinski definition) is 6. The second-order valence-corrected chi connectivity index (χ2v) is 7.45. The third-order valence-electron chi connectivity index (χ3n) is 4.12. The molecule has 1 N–H and O–H groups in total. The number of nitrogens with zero attached hydrogens (tertiary/aromatic N) is 2. The third-order valence-corrected chi connectivity index (χ3v) is 4.12. The van der Waals surface area contributed by atoms with Gasteiger partial charge in [-0.15, -0.1) is 0 Å². The van der Waals surface area contributed by atoms with Crippen molar-refractivity contribution < 1.29 is 24.2 Å². The molecule has 1 atom stereocenters. The number of carboxylic acid groups (broad SMARTS) is 1. The van der Waals surface area contributed by atoms with Gasteiger partial charge in [-0.1, -0.05) is 18.2 Å². The molecule has 0 bridgehead atoms. The van der Waals surface area contributed by atoms with Gasteiger partial charge < -0.3 is 14.6 Å². The normalized spacial score (nSPS) is 12.9. The van der Waals surface area contributed by atoms with Crippen LogP contribution in [0, 0.1) is 0 Å².